The number of methoxy groups -OCH3 is 1. The van der Waals surface area contributed by atoms with Gasteiger partial charge in [0.2, 0.25) is 10.0 Å². The summed E-state index contributed by atoms with van der Waals surface area (Å²) in [4.78, 5) is 22.1. The fraction of sp³-hybridized carbons (Fsp3) is 0.846. The average Bonchev–Trinajstić information content (AvgIpc) is 2.45. The predicted molar refractivity (Wildman–Crippen MR) is 76.1 cm³/mol. The average molecular weight is 321 g/mol. The number of carbonyl (C=O) groups excluding carboxylic acids is 1. The molecule has 0 aromatic carbocycles. The van der Waals surface area contributed by atoms with Crippen molar-refractivity contribution in [1.82, 2.24) is 4.72 Å². The summed E-state index contributed by atoms with van der Waals surface area (Å²) in [5, 5.41) is 9.14. The smallest absolute Gasteiger partial charge is 0.306 e. The molecule has 7 nitrogen and oxygen atoms in total. The lowest BCUT2D eigenvalue weighted by molar-refractivity contribution is -0.145. The van der Waals surface area contributed by atoms with Crippen LogP contribution in [-0.2, 0) is 24.3 Å². The van der Waals surface area contributed by atoms with Crippen LogP contribution in [0.1, 0.15) is 38.5 Å². The van der Waals surface area contributed by atoms with Crippen LogP contribution in [0.15, 0.2) is 0 Å². The number of ether oxygens (including phenoxy) is 1. The van der Waals surface area contributed by atoms with E-state index in [1.165, 1.54) is 7.11 Å². The standard InChI is InChI=1S/C13H23NO6S/c1-20-12(15)7-4-8-21(18,19)14-9-10-5-2-3-6-11(10)13(16)17/h10-11,14H,2-9H2,1H3,(H,16,17). The first-order valence-electron chi connectivity index (χ1n) is 7.12. The van der Waals surface area contributed by atoms with Crippen LogP contribution in [0, 0.1) is 11.8 Å². The quantitative estimate of drug-likeness (QED) is 0.638. The Balaban J connectivity index is 2.41. The molecular weight excluding hydrogens is 298 g/mol. The van der Waals surface area contributed by atoms with Crippen molar-refractivity contribution >= 4 is 22.0 Å². The lowest BCUT2D eigenvalue weighted by Gasteiger charge is -2.28. The number of carboxylic acids is 1. The molecule has 0 aliphatic heterocycles. The maximum atomic E-state index is 11.8. The molecule has 0 saturated heterocycles. The number of esters is 1. The number of carbonyl (C=O) groups is 2. The maximum absolute atomic E-state index is 11.8. The molecule has 0 bridgehead atoms. The van der Waals surface area contributed by atoms with Crippen LogP contribution in [0.3, 0.4) is 0 Å². The number of carboxylic acid groups (broad SMARTS) is 1. The van der Waals surface area contributed by atoms with Gasteiger partial charge in [0.25, 0.3) is 0 Å². The minimum atomic E-state index is -3.48. The van der Waals surface area contributed by atoms with Gasteiger partial charge in [-0.25, -0.2) is 13.1 Å². The van der Waals surface area contributed by atoms with Crippen molar-refractivity contribution in [3.63, 3.8) is 0 Å². The molecule has 1 aliphatic carbocycles. The second-order valence-corrected chi connectivity index (χ2v) is 7.26. The number of aliphatic carboxylic acids is 1. The predicted octanol–water partition coefficient (Wildman–Crippen LogP) is 0.750. The molecule has 2 atom stereocenters. The van der Waals surface area contributed by atoms with E-state index in [0.717, 1.165) is 19.3 Å². The molecule has 8 heteroatoms. The first-order valence-corrected chi connectivity index (χ1v) is 8.78. The summed E-state index contributed by atoms with van der Waals surface area (Å²) in [6.45, 7) is 0.150. The molecule has 1 aliphatic rings. The highest BCUT2D eigenvalue weighted by Gasteiger charge is 2.31. The van der Waals surface area contributed by atoms with E-state index < -0.39 is 27.9 Å². The molecule has 2 unspecified atom stereocenters. The van der Waals surface area contributed by atoms with Gasteiger partial charge < -0.3 is 9.84 Å². The Morgan fingerprint density at radius 3 is 2.57 bits per heavy atom. The molecule has 1 rings (SSSR count). The van der Waals surface area contributed by atoms with Gasteiger partial charge >= 0.3 is 11.9 Å². The first kappa shape index (κ1) is 17.9. The number of hydrogen-bond donors (Lipinski definition) is 2. The zero-order valence-electron chi connectivity index (χ0n) is 12.2. The molecule has 0 radical (unpaired) electrons. The molecule has 1 saturated carbocycles. The molecule has 0 aromatic heterocycles. The van der Waals surface area contributed by atoms with Crippen LogP contribution >= 0.6 is 0 Å². The van der Waals surface area contributed by atoms with Gasteiger partial charge in [-0.15, -0.1) is 0 Å². The van der Waals surface area contributed by atoms with Crippen LogP contribution in [0.4, 0.5) is 0 Å². The highest BCUT2D eigenvalue weighted by atomic mass is 32.2. The largest absolute Gasteiger partial charge is 0.481 e. The Morgan fingerprint density at radius 1 is 1.29 bits per heavy atom. The Labute approximate surface area is 125 Å². The number of rotatable bonds is 8. The fourth-order valence-corrected chi connectivity index (χ4v) is 3.73. The van der Waals surface area contributed by atoms with Crippen molar-refractivity contribution < 1.29 is 27.9 Å². The lowest BCUT2D eigenvalue weighted by Crippen LogP contribution is -2.38. The van der Waals surface area contributed by atoms with E-state index >= 15 is 0 Å². The number of nitrogens with one attached hydrogen (secondary N) is 1. The Kier molecular flexibility index (Phi) is 7.10. The van der Waals surface area contributed by atoms with Gasteiger partial charge in [-0.05, 0) is 25.2 Å². The number of sulfonamides is 1. The van der Waals surface area contributed by atoms with E-state index in [1.54, 1.807) is 0 Å². The van der Waals surface area contributed by atoms with Gasteiger partial charge in [-0.3, -0.25) is 9.59 Å². The van der Waals surface area contributed by atoms with Gasteiger partial charge in [-0.2, -0.15) is 0 Å². The third-order valence-electron chi connectivity index (χ3n) is 3.81. The summed E-state index contributed by atoms with van der Waals surface area (Å²) in [7, 11) is -2.23. The van der Waals surface area contributed by atoms with E-state index in [9.17, 15) is 18.0 Å². The molecule has 2 N–H and O–H groups in total. The van der Waals surface area contributed by atoms with Crippen LogP contribution in [-0.4, -0.2) is 44.9 Å². The van der Waals surface area contributed by atoms with E-state index in [0.29, 0.717) is 6.42 Å². The fourth-order valence-electron chi connectivity index (χ4n) is 2.59. The minimum Gasteiger partial charge on any atom is -0.481 e. The second-order valence-electron chi connectivity index (χ2n) is 5.34. The van der Waals surface area contributed by atoms with Crippen LogP contribution in [0.25, 0.3) is 0 Å². The summed E-state index contributed by atoms with van der Waals surface area (Å²) in [5.74, 6) is -2.09. The third kappa shape index (κ3) is 6.43. The van der Waals surface area contributed by atoms with Crippen molar-refractivity contribution in [3.05, 3.63) is 0 Å². The summed E-state index contributed by atoms with van der Waals surface area (Å²) in [5.41, 5.74) is 0. The van der Waals surface area contributed by atoms with Gasteiger partial charge in [0.05, 0.1) is 18.8 Å². The highest BCUT2D eigenvalue weighted by molar-refractivity contribution is 7.89. The van der Waals surface area contributed by atoms with Gasteiger partial charge in [-0.1, -0.05) is 12.8 Å². The molecule has 0 amide bonds. The van der Waals surface area contributed by atoms with Crippen molar-refractivity contribution in [3.8, 4) is 0 Å². The van der Waals surface area contributed by atoms with E-state index in [1.807, 2.05) is 0 Å². The summed E-state index contributed by atoms with van der Waals surface area (Å²) in [6, 6.07) is 0. The second kappa shape index (κ2) is 8.33. The molecule has 0 aromatic rings. The van der Waals surface area contributed by atoms with Crippen LogP contribution < -0.4 is 4.72 Å². The van der Waals surface area contributed by atoms with E-state index in [-0.39, 0.29) is 31.1 Å². The minimum absolute atomic E-state index is 0.0542. The molecule has 21 heavy (non-hydrogen) atoms. The molecular formula is C13H23NO6S. The molecule has 0 spiro atoms. The van der Waals surface area contributed by atoms with Gasteiger partial charge in [0.1, 0.15) is 0 Å². The Bertz CT molecular complexity index is 461. The van der Waals surface area contributed by atoms with Crippen molar-refractivity contribution in [1.29, 1.82) is 0 Å². The highest BCUT2D eigenvalue weighted by Crippen LogP contribution is 2.29. The van der Waals surface area contributed by atoms with Gasteiger partial charge in [0.15, 0.2) is 0 Å². The monoisotopic (exact) mass is 321 g/mol. The Hall–Kier alpha value is -1.15. The summed E-state index contributed by atoms with van der Waals surface area (Å²) in [6.07, 6.45) is 3.37. The third-order valence-corrected chi connectivity index (χ3v) is 5.25. The molecule has 0 heterocycles. The van der Waals surface area contributed by atoms with Crippen molar-refractivity contribution in [2.45, 2.75) is 38.5 Å². The molecule has 1 fully saturated rings. The van der Waals surface area contributed by atoms with Gasteiger partial charge in [0, 0.05) is 13.0 Å². The van der Waals surface area contributed by atoms with Crippen molar-refractivity contribution in [2.75, 3.05) is 19.4 Å². The normalized spacial score (nSPS) is 22.7. The van der Waals surface area contributed by atoms with E-state index in [4.69, 9.17) is 5.11 Å². The zero-order valence-corrected chi connectivity index (χ0v) is 13.0. The van der Waals surface area contributed by atoms with Crippen LogP contribution in [0.2, 0.25) is 0 Å². The summed E-state index contributed by atoms with van der Waals surface area (Å²) >= 11 is 0. The SMILES string of the molecule is COC(=O)CCCS(=O)(=O)NCC1CCCCC1C(=O)O. The number of hydrogen-bond acceptors (Lipinski definition) is 5. The van der Waals surface area contributed by atoms with E-state index in [2.05, 4.69) is 9.46 Å². The zero-order chi connectivity index (χ0) is 15.9. The molecule has 122 valence electrons. The van der Waals surface area contributed by atoms with Crippen LogP contribution in [0.5, 0.6) is 0 Å². The lowest BCUT2D eigenvalue weighted by atomic mass is 9.79. The maximum Gasteiger partial charge on any atom is 0.306 e. The Morgan fingerprint density at radius 2 is 1.95 bits per heavy atom. The van der Waals surface area contributed by atoms with Crippen molar-refractivity contribution in [2.24, 2.45) is 11.8 Å². The topological polar surface area (TPSA) is 110 Å². The first-order chi connectivity index (χ1) is 9.85. The summed E-state index contributed by atoms with van der Waals surface area (Å²) < 4.78 is 30.5.